The average molecular weight is 293 g/mol. The molecule has 0 bridgehead atoms. The van der Waals surface area contributed by atoms with Crippen LogP contribution in [0.3, 0.4) is 0 Å². The molecule has 0 aliphatic rings. The summed E-state index contributed by atoms with van der Waals surface area (Å²) in [6.07, 6.45) is 4.91. The van der Waals surface area contributed by atoms with E-state index in [1.807, 2.05) is 0 Å². The fourth-order valence-corrected chi connectivity index (χ4v) is 1.48. The molecular weight excluding hydrogens is 274 g/mol. The van der Waals surface area contributed by atoms with Crippen LogP contribution in [-0.2, 0) is 4.74 Å². The van der Waals surface area contributed by atoms with Gasteiger partial charge in [-0.05, 0) is 5.92 Å². The standard InChI is InChI=1S/C12H19N7O2/c1-9(2)7-20-5-6-21-12-16-10(18-13)15-11(17-12)19-4-3-14-8-19/h3-4,8-9H,5-7,13H2,1-2H3,(H,15,16,17,18). The van der Waals surface area contributed by atoms with E-state index in [2.05, 4.69) is 39.2 Å². The summed E-state index contributed by atoms with van der Waals surface area (Å²) in [6, 6.07) is 0.176. The molecule has 0 aromatic carbocycles. The molecule has 9 nitrogen and oxygen atoms in total. The van der Waals surface area contributed by atoms with Crippen molar-refractivity contribution >= 4 is 5.95 Å². The minimum Gasteiger partial charge on any atom is -0.461 e. The highest BCUT2D eigenvalue weighted by Crippen LogP contribution is 2.10. The first-order valence-electron chi connectivity index (χ1n) is 6.60. The number of nitrogens with one attached hydrogen (secondary N) is 1. The second-order valence-corrected chi connectivity index (χ2v) is 4.67. The predicted octanol–water partition coefficient (Wildman–Crippen LogP) is 0.394. The van der Waals surface area contributed by atoms with E-state index in [1.165, 1.54) is 0 Å². The van der Waals surface area contributed by atoms with Crippen molar-refractivity contribution < 1.29 is 9.47 Å². The second-order valence-electron chi connectivity index (χ2n) is 4.67. The van der Waals surface area contributed by atoms with Crippen LogP contribution in [0.15, 0.2) is 18.7 Å². The van der Waals surface area contributed by atoms with Gasteiger partial charge in [0.2, 0.25) is 11.9 Å². The summed E-state index contributed by atoms with van der Waals surface area (Å²) in [7, 11) is 0. The van der Waals surface area contributed by atoms with Crippen molar-refractivity contribution in [2.45, 2.75) is 13.8 Å². The quantitative estimate of drug-likeness (QED) is 0.408. The Hall–Kier alpha value is -2.26. The molecule has 0 aliphatic heterocycles. The molecule has 0 aliphatic carbocycles. The van der Waals surface area contributed by atoms with Crippen molar-refractivity contribution in [1.29, 1.82) is 0 Å². The van der Waals surface area contributed by atoms with Crippen LogP contribution in [0, 0.1) is 5.92 Å². The molecule has 0 atom stereocenters. The van der Waals surface area contributed by atoms with Crippen LogP contribution in [0.1, 0.15) is 13.8 Å². The van der Waals surface area contributed by atoms with E-state index in [-0.39, 0.29) is 12.0 Å². The maximum Gasteiger partial charge on any atom is 0.323 e. The molecule has 0 fully saturated rings. The van der Waals surface area contributed by atoms with E-state index in [9.17, 15) is 0 Å². The Labute approximate surface area is 122 Å². The van der Waals surface area contributed by atoms with Crippen LogP contribution in [-0.4, -0.2) is 44.3 Å². The Morgan fingerprint density at radius 2 is 2.14 bits per heavy atom. The largest absolute Gasteiger partial charge is 0.461 e. The molecule has 21 heavy (non-hydrogen) atoms. The molecule has 0 amide bonds. The van der Waals surface area contributed by atoms with Gasteiger partial charge in [0.1, 0.15) is 12.9 Å². The minimum absolute atomic E-state index is 0.176. The van der Waals surface area contributed by atoms with Gasteiger partial charge in [-0.3, -0.25) is 9.99 Å². The molecule has 0 saturated heterocycles. The van der Waals surface area contributed by atoms with Gasteiger partial charge >= 0.3 is 6.01 Å². The van der Waals surface area contributed by atoms with Gasteiger partial charge in [0.05, 0.1) is 6.61 Å². The fourth-order valence-electron chi connectivity index (χ4n) is 1.48. The molecule has 9 heteroatoms. The summed E-state index contributed by atoms with van der Waals surface area (Å²) in [5.41, 5.74) is 2.38. The van der Waals surface area contributed by atoms with Gasteiger partial charge in [-0.15, -0.1) is 0 Å². The Balaban J connectivity index is 1.97. The lowest BCUT2D eigenvalue weighted by Gasteiger charge is -2.09. The molecule has 0 spiro atoms. The molecule has 114 valence electrons. The van der Waals surface area contributed by atoms with Crippen LogP contribution in [0.5, 0.6) is 6.01 Å². The molecule has 2 aromatic rings. The first-order chi connectivity index (χ1) is 10.2. The maximum absolute atomic E-state index is 5.45. The SMILES string of the molecule is CC(C)COCCOc1nc(NN)nc(-n2ccnc2)n1. The number of imidazole rings is 1. The monoisotopic (exact) mass is 293 g/mol. The molecule has 0 radical (unpaired) electrons. The number of hydrogen-bond acceptors (Lipinski definition) is 8. The van der Waals surface area contributed by atoms with E-state index in [1.54, 1.807) is 23.3 Å². The highest BCUT2D eigenvalue weighted by atomic mass is 16.5. The first-order valence-corrected chi connectivity index (χ1v) is 6.60. The maximum atomic E-state index is 5.45. The van der Waals surface area contributed by atoms with Gasteiger partial charge in [-0.1, -0.05) is 13.8 Å². The smallest absolute Gasteiger partial charge is 0.323 e. The van der Waals surface area contributed by atoms with Gasteiger partial charge in [0.25, 0.3) is 0 Å². The van der Waals surface area contributed by atoms with E-state index in [0.717, 1.165) is 0 Å². The van der Waals surface area contributed by atoms with E-state index >= 15 is 0 Å². The van der Waals surface area contributed by atoms with Gasteiger partial charge in [0, 0.05) is 19.0 Å². The number of nitrogens with two attached hydrogens (primary N) is 1. The number of hydrazine groups is 1. The summed E-state index contributed by atoms with van der Waals surface area (Å²) in [4.78, 5) is 16.3. The summed E-state index contributed by atoms with van der Waals surface area (Å²) in [6.45, 7) is 5.68. The number of rotatable bonds is 8. The summed E-state index contributed by atoms with van der Waals surface area (Å²) in [5, 5.41) is 0. The molecule has 0 unspecified atom stereocenters. The highest BCUT2D eigenvalue weighted by molar-refractivity contribution is 5.28. The summed E-state index contributed by atoms with van der Waals surface area (Å²) >= 11 is 0. The number of nitrogen functional groups attached to an aromatic ring is 1. The Kier molecular flexibility index (Phi) is 5.41. The first kappa shape index (κ1) is 15.1. The van der Waals surface area contributed by atoms with Crippen molar-refractivity contribution in [2.24, 2.45) is 11.8 Å². The Morgan fingerprint density at radius 3 is 2.81 bits per heavy atom. The van der Waals surface area contributed by atoms with Gasteiger partial charge in [-0.2, -0.15) is 15.0 Å². The third-order valence-electron chi connectivity index (χ3n) is 2.38. The van der Waals surface area contributed by atoms with E-state index < -0.39 is 0 Å². The highest BCUT2D eigenvalue weighted by Gasteiger charge is 2.08. The third kappa shape index (κ3) is 4.65. The number of nitrogens with zero attached hydrogens (tertiary/aromatic N) is 5. The van der Waals surface area contributed by atoms with E-state index in [4.69, 9.17) is 15.3 Å². The average Bonchev–Trinajstić information content (AvgIpc) is 3.00. The molecule has 0 saturated carbocycles. The zero-order valence-corrected chi connectivity index (χ0v) is 12.1. The number of hydrogen-bond donors (Lipinski definition) is 2. The lowest BCUT2D eigenvalue weighted by Crippen LogP contribution is -2.16. The zero-order valence-electron chi connectivity index (χ0n) is 12.1. The van der Waals surface area contributed by atoms with Crippen molar-refractivity contribution in [3.05, 3.63) is 18.7 Å². The lowest BCUT2D eigenvalue weighted by molar-refractivity contribution is 0.0791. The van der Waals surface area contributed by atoms with E-state index in [0.29, 0.717) is 31.7 Å². The molecule has 2 heterocycles. The van der Waals surface area contributed by atoms with Gasteiger partial charge < -0.3 is 9.47 Å². The lowest BCUT2D eigenvalue weighted by atomic mass is 10.2. The molecular formula is C12H19N7O2. The fraction of sp³-hybridized carbons (Fsp3) is 0.500. The Bertz CT molecular complexity index is 545. The normalized spacial score (nSPS) is 10.9. The number of anilines is 1. The van der Waals surface area contributed by atoms with Crippen LogP contribution in [0.25, 0.3) is 5.95 Å². The predicted molar refractivity (Wildman–Crippen MR) is 75.9 cm³/mol. The van der Waals surface area contributed by atoms with Crippen LogP contribution >= 0.6 is 0 Å². The van der Waals surface area contributed by atoms with Gasteiger partial charge in [0.15, 0.2) is 0 Å². The van der Waals surface area contributed by atoms with Gasteiger partial charge in [-0.25, -0.2) is 10.8 Å². The number of aromatic nitrogens is 5. The summed E-state index contributed by atoms with van der Waals surface area (Å²) < 4.78 is 12.5. The molecule has 2 rings (SSSR count). The topological polar surface area (TPSA) is 113 Å². The van der Waals surface area contributed by atoms with Crippen molar-refractivity contribution in [3.63, 3.8) is 0 Å². The van der Waals surface area contributed by atoms with Crippen LogP contribution < -0.4 is 16.0 Å². The third-order valence-corrected chi connectivity index (χ3v) is 2.38. The summed E-state index contributed by atoms with van der Waals surface area (Å²) in [5.74, 6) is 6.42. The van der Waals surface area contributed by atoms with Crippen LogP contribution in [0.4, 0.5) is 5.95 Å². The molecule has 3 N–H and O–H groups in total. The minimum atomic E-state index is 0.176. The zero-order chi connectivity index (χ0) is 15.1. The number of ether oxygens (including phenoxy) is 2. The van der Waals surface area contributed by atoms with Crippen molar-refractivity contribution in [3.8, 4) is 12.0 Å². The Morgan fingerprint density at radius 1 is 1.29 bits per heavy atom. The van der Waals surface area contributed by atoms with Crippen LogP contribution in [0.2, 0.25) is 0 Å². The van der Waals surface area contributed by atoms with Crippen molar-refractivity contribution in [2.75, 3.05) is 25.2 Å². The second kappa shape index (κ2) is 7.50. The molecule has 2 aromatic heterocycles. The van der Waals surface area contributed by atoms with Crippen molar-refractivity contribution in [1.82, 2.24) is 24.5 Å².